The van der Waals surface area contributed by atoms with Gasteiger partial charge in [-0.25, -0.2) is 0 Å². The molecule has 27 heavy (non-hydrogen) atoms. The number of carbonyl (C=O) groups is 1. The molecule has 0 saturated carbocycles. The zero-order valence-electron chi connectivity index (χ0n) is 16.1. The Labute approximate surface area is 160 Å². The Bertz CT molecular complexity index is 899. The number of carbonyl (C=O) groups excluding carboxylic acids is 1. The SMILES string of the molecule is CCN(Cc1cnn(C)c1)C(=O)c1cccc(NCc2ccc(C)cc2)c1. The third-order valence-corrected chi connectivity index (χ3v) is 4.53. The van der Waals surface area contributed by atoms with Crippen LogP contribution in [0.3, 0.4) is 0 Å². The van der Waals surface area contributed by atoms with Gasteiger partial charge in [0.2, 0.25) is 0 Å². The van der Waals surface area contributed by atoms with Crippen LogP contribution in [0.15, 0.2) is 60.9 Å². The van der Waals surface area contributed by atoms with Crippen molar-refractivity contribution < 1.29 is 4.79 Å². The van der Waals surface area contributed by atoms with Gasteiger partial charge in [-0.15, -0.1) is 0 Å². The Balaban J connectivity index is 1.67. The molecular formula is C22H26N4O. The van der Waals surface area contributed by atoms with E-state index in [0.717, 1.165) is 17.8 Å². The Hall–Kier alpha value is -3.08. The Morgan fingerprint density at radius 2 is 1.93 bits per heavy atom. The summed E-state index contributed by atoms with van der Waals surface area (Å²) in [5, 5.41) is 7.58. The van der Waals surface area contributed by atoms with Gasteiger partial charge in [0.15, 0.2) is 0 Å². The first-order valence-electron chi connectivity index (χ1n) is 9.21. The smallest absolute Gasteiger partial charge is 0.254 e. The second-order valence-corrected chi connectivity index (χ2v) is 6.76. The van der Waals surface area contributed by atoms with Gasteiger partial charge in [0.25, 0.3) is 5.91 Å². The zero-order chi connectivity index (χ0) is 19.2. The molecule has 0 saturated heterocycles. The van der Waals surface area contributed by atoms with Crippen LogP contribution >= 0.6 is 0 Å². The molecule has 3 rings (SSSR count). The molecule has 0 aliphatic heterocycles. The predicted molar refractivity (Wildman–Crippen MR) is 109 cm³/mol. The van der Waals surface area contributed by atoms with Crippen molar-refractivity contribution in [2.45, 2.75) is 26.9 Å². The minimum Gasteiger partial charge on any atom is -0.381 e. The molecular weight excluding hydrogens is 336 g/mol. The summed E-state index contributed by atoms with van der Waals surface area (Å²) in [6.45, 7) is 6.01. The lowest BCUT2D eigenvalue weighted by atomic mass is 10.1. The van der Waals surface area contributed by atoms with Crippen LogP contribution in [0.4, 0.5) is 5.69 Å². The maximum absolute atomic E-state index is 12.9. The van der Waals surface area contributed by atoms with Crippen molar-refractivity contribution in [3.8, 4) is 0 Å². The average molecular weight is 362 g/mol. The normalized spacial score (nSPS) is 10.6. The summed E-state index contributed by atoms with van der Waals surface area (Å²) >= 11 is 0. The van der Waals surface area contributed by atoms with Gasteiger partial charge >= 0.3 is 0 Å². The summed E-state index contributed by atoms with van der Waals surface area (Å²) in [5.41, 5.74) is 5.12. The van der Waals surface area contributed by atoms with Crippen molar-refractivity contribution in [2.24, 2.45) is 7.05 Å². The zero-order valence-corrected chi connectivity index (χ0v) is 16.1. The highest BCUT2D eigenvalue weighted by Gasteiger charge is 2.15. The van der Waals surface area contributed by atoms with Crippen LogP contribution in [0.2, 0.25) is 0 Å². The lowest BCUT2D eigenvalue weighted by molar-refractivity contribution is 0.0752. The first-order chi connectivity index (χ1) is 13.0. The van der Waals surface area contributed by atoms with Gasteiger partial charge in [0, 0.05) is 49.7 Å². The molecule has 0 fully saturated rings. The van der Waals surface area contributed by atoms with Crippen LogP contribution in [0.25, 0.3) is 0 Å². The van der Waals surface area contributed by atoms with E-state index in [9.17, 15) is 4.79 Å². The summed E-state index contributed by atoms with van der Waals surface area (Å²) in [4.78, 5) is 14.8. The highest BCUT2D eigenvalue weighted by molar-refractivity contribution is 5.95. The molecule has 5 nitrogen and oxygen atoms in total. The minimum absolute atomic E-state index is 0.0281. The van der Waals surface area contributed by atoms with E-state index in [2.05, 4.69) is 41.6 Å². The highest BCUT2D eigenvalue weighted by Crippen LogP contribution is 2.16. The summed E-state index contributed by atoms with van der Waals surface area (Å²) in [6, 6.07) is 16.1. The highest BCUT2D eigenvalue weighted by atomic mass is 16.2. The fourth-order valence-corrected chi connectivity index (χ4v) is 2.96. The van der Waals surface area contributed by atoms with Crippen molar-refractivity contribution >= 4 is 11.6 Å². The number of benzene rings is 2. The number of rotatable bonds is 7. The van der Waals surface area contributed by atoms with E-state index in [-0.39, 0.29) is 5.91 Å². The van der Waals surface area contributed by atoms with Crippen molar-refractivity contribution in [3.05, 3.63) is 83.2 Å². The second kappa shape index (κ2) is 8.54. The third kappa shape index (κ3) is 4.97. The first-order valence-corrected chi connectivity index (χ1v) is 9.21. The average Bonchev–Trinajstić information content (AvgIpc) is 3.10. The molecule has 0 aliphatic carbocycles. The van der Waals surface area contributed by atoms with Gasteiger partial charge in [0.1, 0.15) is 0 Å². The lowest BCUT2D eigenvalue weighted by Crippen LogP contribution is -2.30. The van der Waals surface area contributed by atoms with Gasteiger partial charge < -0.3 is 10.2 Å². The molecule has 0 atom stereocenters. The number of aromatic nitrogens is 2. The number of nitrogens with one attached hydrogen (secondary N) is 1. The maximum atomic E-state index is 12.9. The van der Waals surface area contributed by atoms with Gasteiger partial charge in [-0.3, -0.25) is 9.48 Å². The number of anilines is 1. The largest absolute Gasteiger partial charge is 0.381 e. The molecule has 2 aromatic carbocycles. The standard InChI is InChI=1S/C22H26N4O/c1-4-26(16-19-14-24-25(3)15-19)22(27)20-6-5-7-21(12-20)23-13-18-10-8-17(2)9-11-18/h5-12,14-15,23H,4,13,16H2,1-3H3. The minimum atomic E-state index is 0.0281. The Morgan fingerprint density at radius 1 is 1.15 bits per heavy atom. The van der Waals surface area contributed by atoms with E-state index in [4.69, 9.17) is 0 Å². The quantitative estimate of drug-likeness (QED) is 0.691. The van der Waals surface area contributed by atoms with Crippen LogP contribution in [-0.4, -0.2) is 27.1 Å². The Kier molecular flexibility index (Phi) is 5.91. The van der Waals surface area contributed by atoms with Crippen LogP contribution in [0.5, 0.6) is 0 Å². The first kappa shape index (κ1) is 18.7. The number of nitrogens with zero attached hydrogens (tertiary/aromatic N) is 3. The maximum Gasteiger partial charge on any atom is 0.254 e. The van der Waals surface area contributed by atoms with E-state index in [1.807, 2.05) is 49.3 Å². The van der Waals surface area contributed by atoms with Crippen LogP contribution in [-0.2, 0) is 20.1 Å². The fraction of sp³-hybridized carbons (Fsp3) is 0.273. The Morgan fingerprint density at radius 3 is 2.59 bits per heavy atom. The molecule has 3 aromatic rings. The molecule has 0 radical (unpaired) electrons. The fourth-order valence-electron chi connectivity index (χ4n) is 2.96. The molecule has 0 bridgehead atoms. The molecule has 0 unspecified atom stereocenters. The molecule has 1 aromatic heterocycles. The van der Waals surface area contributed by atoms with E-state index in [1.165, 1.54) is 11.1 Å². The summed E-state index contributed by atoms with van der Waals surface area (Å²) in [7, 11) is 1.88. The van der Waals surface area contributed by atoms with E-state index < -0.39 is 0 Å². The van der Waals surface area contributed by atoms with Gasteiger partial charge in [-0.1, -0.05) is 35.9 Å². The summed E-state index contributed by atoms with van der Waals surface area (Å²) in [5.74, 6) is 0.0281. The molecule has 5 heteroatoms. The molecule has 140 valence electrons. The number of amides is 1. The predicted octanol–water partition coefficient (Wildman–Crippen LogP) is 4.00. The van der Waals surface area contributed by atoms with Crippen LogP contribution < -0.4 is 5.32 Å². The van der Waals surface area contributed by atoms with Crippen molar-refractivity contribution in [1.82, 2.24) is 14.7 Å². The monoisotopic (exact) mass is 362 g/mol. The van der Waals surface area contributed by atoms with Gasteiger partial charge in [-0.2, -0.15) is 5.10 Å². The third-order valence-electron chi connectivity index (χ3n) is 4.53. The van der Waals surface area contributed by atoms with Crippen LogP contribution in [0.1, 0.15) is 34.0 Å². The van der Waals surface area contributed by atoms with Crippen molar-refractivity contribution in [3.63, 3.8) is 0 Å². The topological polar surface area (TPSA) is 50.2 Å². The molecule has 1 amide bonds. The molecule has 1 heterocycles. The lowest BCUT2D eigenvalue weighted by Gasteiger charge is -2.20. The van der Waals surface area contributed by atoms with E-state index >= 15 is 0 Å². The number of hydrogen-bond acceptors (Lipinski definition) is 3. The molecule has 0 aliphatic rings. The van der Waals surface area contributed by atoms with Crippen LogP contribution in [0, 0.1) is 6.92 Å². The van der Waals surface area contributed by atoms with Crippen molar-refractivity contribution in [2.75, 3.05) is 11.9 Å². The van der Waals surface area contributed by atoms with E-state index in [1.54, 1.807) is 10.9 Å². The van der Waals surface area contributed by atoms with Gasteiger partial charge in [0.05, 0.1) is 6.20 Å². The van der Waals surface area contributed by atoms with E-state index in [0.29, 0.717) is 18.7 Å². The van der Waals surface area contributed by atoms with Gasteiger partial charge in [-0.05, 0) is 37.6 Å². The molecule has 1 N–H and O–H groups in total. The summed E-state index contributed by atoms with van der Waals surface area (Å²) in [6.07, 6.45) is 3.74. The summed E-state index contributed by atoms with van der Waals surface area (Å²) < 4.78 is 1.75. The number of aryl methyl sites for hydroxylation is 2. The second-order valence-electron chi connectivity index (χ2n) is 6.76. The number of hydrogen-bond donors (Lipinski definition) is 1. The molecule has 0 spiro atoms. The van der Waals surface area contributed by atoms with Crippen molar-refractivity contribution in [1.29, 1.82) is 0 Å².